The van der Waals surface area contributed by atoms with Crippen LogP contribution in [0.3, 0.4) is 0 Å². The van der Waals surface area contributed by atoms with Crippen LogP contribution in [0, 0.1) is 11.8 Å². The van der Waals surface area contributed by atoms with Gasteiger partial charge in [-0.1, -0.05) is 6.42 Å². The second-order valence-electron chi connectivity index (χ2n) is 4.64. The average molecular weight is 225 g/mol. The molecule has 90 valence electrons. The lowest BCUT2D eigenvalue weighted by molar-refractivity contribution is -0.142. The van der Waals surface area contributed by atoms with Crippen molar-refractivity contribution in [2.75, 3.05) is 26.2 Å². The lowest BCUT2D eigenvalue weighted by atomic mass is 9.94. The minimum Gasteiger partial charge on any atom is -0.353 e. The van der Waals surface area contributed by atoms with Gasteiger partial charge < -0.3 is 16.0 Å². The number of nitrogens with zero attached hydrogens (tertiary/aromatic N) is 1. The van der Waals surface area contributed by atoms with Crippen LogP contribution in [0.5, 0.6) is 0 Å². The van der Waals surface area contributed by atoms with E-state index in [1.54, 1.807) is 4.90 Å². The van der Waals surface area contributed by atoms with Crippen LogP contribution in [0.2, 0.25) is 0 Å². The van der Waals surface area contributed by atoms with Crippen molar-refractivity contribution in [2.45, 2.75) is 19.3 Å². The molecule has 0 bridgehead atoms. The second kappa shape index (κ2) is 4.82. The Morgan fingerprint density at radius 2 is 2.31 bits per heavy atom. The summed E-state index contributed by atoms with van der Waals surface area (Å²) in [6, 6.07) is 0. The Labute approximate surface area is 95.3 Å². The number of nitrogens with two attached hydrogens (primary N) is 1. The molecule has 1 saturated carbocycles. The first kappa shape index (κ1) is 11.4. The Bertz CT molecular complexity index is 293. The van der Waals surface area contributed by atoms with Gasteiger partial charge in [0.15, 0.2) is 0 Å². The smallest absolute Gasteiger partial charge is 0.239 e. The monoisotopic (exact) mass is 225 g/mol. The van der Waals surface area contributed by atoms with E-state index in [-0.39, 0.29) is 24.3 Å². The molecule has 1 aliphatic carbocycles. The molecule has 1 aliphatic heterocycles. The zero-order valence-electron chi connectivity index (χ0n) is 9.45. The molecule has 5 nitrogen and oxygen atoms in total. The van der Waals surface area contributed by atoms with Crippen molar-refractivity contribution in [3.05, 3.63) is 0 Å². The fraction of sp³-hybridized carbons (Fsp3) is 0.818. The zero-order chi connectivity index (χ0) is 11.5. The molecule has 0 aromatic heterocycles. The van der Waals surface area contributed by atoms with E-state index < -0.39 is 0 Å². The molecular formula is C11H19N3O2. The minimum atomic E-state index is -0.0538. The van der Waals surface area contributed by atoms with Crippen molar-refractivity contribution in [3.8, 4) is 0 Å². The molecule has 5 heteroatoms. The number of carbonyl (C=O) groups is 2. The van der Waals surface area contributed by atoms with E-state index in [0.717, 1.165) is 19.3 Å². The summed E-state index contributed by atoms with van der Waals surface area (Å²) in [7, 11) is 0. The average Bonchev–Trinajstić information content (AvgIpc) is 2.76. The quantitative estimate of drug-likeness (QED) is 0.654. The highest BCUT2D eigenvalue weighted by Crippen LogP contribution is 2.32. The Morgan fingerprint density at radius 1 is 1.50 bits per heavy atom. The lowest BCUT2D eigenvalue weighted by Crippen LogP contribution is -2.52. The van der Waals surface area contributed by atoms with Crippen LogP contribution in [0.25, 0.3) is 0 Å². The van der Waals surface area contributed by atoms with Crippen LogP contribution in [-0.4, -0.2) is 42.9 Å². The van der Waals surface area contributed by atoms with Gasteiger partial charge in [-0.05, 0) is 25.3 Å². The summed E-state index contributed by atoms with van der Waals surface area (Å²) in [6.07, 6.45) is 3.06. The van der Waals surface area contributed by atoms with Gasteiger partial charge in [-0.3, -0.25) is 9.59 Å². The molecule has 2 fully saturated rings. The molecular weight excluding hydrogens is 206 g/mol. The molecule has 2 atom stereocenters. The maximum Gasteiger partial charge on any atom is 0.239 e. The summed E-state index contributed by atoms with van der Waals surface area (Å²) < 4.78 is 0. The molecule has 0 unspecified atom stereocenters. The van der Waals surface area contributed by atoms with Crippen molar-refractivity contribution >= 4 is 11.8 Å². The Hall–Kier alpha value is -1.10. The molecule has 0 spiro atoms. The van der Waals surface area contributed by atoms with Crippen molar-refractivity contribution in [2.24, 2.45) is 17.6 Å². The lowest BCUT2D eigenvalue weighted by Gasteiger charge is -2.30. The number of amides is 2. The summed E-state index contributed by atoms with van der Waals surface area (Å²) in [5.41, 5.74) is 5.67. The molecule has 2 aliphatic rings. The maximum atomic E-state index is 12.2. The summed E-state index contributed by atoms with van der Waals surface area (Å²) in [4.78, 5) is 25.1. The predicted octanol–water partition coefficient (Wildman–Crippen LogP) is -0.680. The number of rotatable bonds is 2. The van der Waals surface area contributed by atoms with Crippen LogP contribution in [0.1, 0.15) is 19.3 Å². The molecule has 0 aromatic carbocycles. The molecule has 0 radical (unpaired) electrons. The third-order valence-electron chi connectivity index (χ3n) is 3.63. The van der Waals surface area contributed by atoms with E-state index in [0.29, 0.717) is 25.6 Å². The Morgan fingerprint density at radius 3 is 3.00 bits per heavy atom. The first-order chi connectivity index (χ1) is 7.72. The molecule has 2 amide bonds. The van der Waals surface area contributed by atoms with Gasteiger partial charge in [0.05, 0.1) is 6.54 Å². The van der Waals surface area contributed by atoms with Crippen LogP contribution in [0.15, 0.2) is 0 Å². The van der Waals surface area contributed by atoms with Crippen LogP contribution >= 0.6 is 0 Å². The van der Waals surface area contributed by atoms with E-state index in [1.807, 2.05) is 0 Å². The highest BCUT2D eigenvalue weighted by molar-refractivity contribution is 5.87. The van der Waals surface area contributed by atoms with Crippen LogP contribution < -0.4 is 11.1 Å². The van der Waals surface area contributed by atoms with Crippen LogP contribution in [-0.2, 0) is 9.59 Å². The molecule has 3 N–H and O–H groups in total. The molecule has 2 rings (SSSR count). The third kappa shape index (κ3) is 2.19. The number of nitrogens with one attached hydrogen (secondary N) is 1. The van der Waals surface area contributed by atoms with Gasteiger partial charge in [0.2, 0.25) is 11.8 Å². The number of piperazine rings is 1. The summed E-state index contributed by atoms with van der Waals surface area (Å²) >= 11 is 0. The largest absolute Gasteiger partial charge is 0.353 e. The minimum absolute atomic E-state index is 0.0518. The van der Waals surface area contributed by atoms with Gasteiger partial charge in [-0.25, -0.2) is 0 Å². The maximum absolute atomic E-state index is 12.2. The van der Waals surface area contributed by atoms with Crippen molar-refractivity contribution in [1.29, 1.82) is 0 Å². The predicted molar refractivity (Wildman–Crippen MR) is 59.5 cm³/mol. The van der Waals surface area contributed by atoms with Crippen LogP contribution in [0.4, 0.5) is 0 Å². The van der Waals surface area contributed by atoms with Gasteiger partial charge >= 0.3 is 0 Å². The Kier molecular flexibility index (Phi) is 3.43. The van der Waals surface area contributed by atoms with Gasteiger partial charge in [-0.2, -0.15) is 0 Å². The van der Waals surface area contributed by atoms with E-state index >= 15 is 0 Å². The third-order valence-corrected chi connectivity index (χ3v) is 3.63. The normalized spacial score (nSPS) is 30.3. The van der Waals surface area contributed by atoms with E-state index in [2.05, 4.69) is 5.32 Å². The van der Waals surface area contributed by atoms with Crippen molar-refractivity contribution in [3.63, 3.8) is 0 Å². The van der Waals surface area contributed by atoms with E-state index in [1.165, 1.54) is 0 Å². The van der Waals surface area contributed by atoms with E-state index in [9.17, 15) is 9.59 Å². The fourth-order valence-corrected chi connectivity index (χ4v) is 2.71. The topological polar surface area (TPSA) is 75.4 Å². The highest BCUT2D eigenvalue weighted by atomic mass is 16.2. The van der Waals surface area contributed by atoms with Gasteiger partial charge in [0.1, 0.15) is 0 Å². The molecule has 16 heavy (non-hydrogen) atoms. The molecule has 0 aromatic rings. The first-order valence-electron chi connectivity index (χ1n) is 5.98. The van der Waals surface area contributed by atoms with Gasteiger partial charge in [0, 0.05) is 19.0 Å². The molecule has 1 saturated heterocycles. The van der Waals surface area contributed by atoms with Gasteiger partial charge in [0.25, 0.3) is 0 Å². The highest BCUT2D eigenvalue weighted by Gasteiger charge is 2.35. The van der Waals surface area contributed by atoms with E-state index in [4.69, 9.17) is 5.73 Å². The first-order valence-corrected chi connectivity index (χ1v) is 5.98. The fourth-order valence-electron chi connectivity index (χ4n) is 2.71. The second-order valence-corrected chi connectivity index (χ2v) is 4.64. The van der Waals surface area contributed by atoms with Crippen molar-refractivity contribution in [1.82, 2.24) is 10.2 Å². The Balaban J connectivity index is 1.98. The SMILES string of the molecule is NC[C@H]1CCC[C@H]1C(=O)N1CCNC(=O)C1. The number of hydrogen-bond acceptors (Lipinski definition) is 3. The van der Waals surface area contributed by atoms with Gasteiger partial charge in [-0.15, -0.1) is 0 Å². The van der Waals surface area contributed by atoms with Crippen molar-refractivity contribution < 1.29 is 9.59 Å². The summed E-state index contributed by atoms with van der Waals surface area (Å²) in [5.74, 6) is 0.443. The standard InChI is InChI=1S/C11H19N3O2/c12-6-8-2-1-3-9(8)11(16)14-5-4-13-10(15)7-14/h8-9H,1-7,12H2,(H,13,15)/t8-,9-/m1/s1. The zero-order valence-corrected chi connectivity index (χ0v) is 9.45. The summed E-state index contributed by atoms with van der Waals surface area (Å²) in [6.45, 7) is 2.01. The molecule has 1 heterocycles. The number of hydrogen-bond donors (Lipinski definition) is 2. The summed E-state index contributed by atoms with van der Waals surface area (Å²) in [5, 5.41) is 2.73. The number of carbonyl (C=O) groups excluding carboxylic acids is 2.